The van der Waals surface area contributed by atoms with Gasteiger partial charge in [-0.2, -0.15) is 0 Å². The lowest BCUT2D eigenvalue weighted by Crippen LogP contribution is -2.51. The molecule has 0 spiro atoms. The first kappa shape index (κ1) is 61.7. The van der Waals surface area contributed by atoms with Crippen molar-refractivity contribution >= 4 is 165 Å². The van der Waals surface area contributed by atoms with E-state index in [9.17, 15) is 14.4 Å². The number of nitrogens with two attached hydrogens (primary N) is 2. The molecule has 9 nitrogen and oxygen atoms in total. The normalized spacial score (nSPS) is 26.0. The average Bonchev–Trinajstić information content (AvgIpc) is 3.69. The smallest absolute Gasteiger partial charge is 0.309 e. The van der Waals surface area contributed by atoms with Crippen molar-refractivity contribution in [2.24, 2.45) is 58.2 Å². The number of carbonyl (C=O) groups is 3. The molecule has 0 bridgehead atoms. The van der Waals surface area contributed by atoms with Gasteiger partial charge in [-0.3, -0.25) is 19.3 Å². The van der Waals surface area contributed by atoms with Crippen molar-refractivity contribution < 1.29 is 28.6 Å². The molecule has 0 heterocycles. The standard InChI is InChI=1S/C57H81I6N3O6/c1-8-35(28-40-45(58)31-47(60)52(64)50(40)62)54(68)70-26-24-66(25-27-71-55(69)36(9-2)29-41-46(59)32-48(61)53(65)51(41)63)23-11-14-49(67)72-38-19-21-56(6)37(30-38)15-16-39-43-18-17-42(34(5)13-10-12-33(3)4)57(43,7)22-20-44(39)56/h15,31-36,38-39,42-44H,8-14,16-30,64-65H2,1-7H3/t34-,35?,36?,38+,39?,42-,43?,44?,56+,57-/m1/s1. The van der Waals surface area contributed by atoms with E-state index in [0.29, 0.717) is 63.6 Å². The Morgan fingerprint density at radius 3 is 1.83 bits per heavy atom. The van der Waals surface area contributed by atoms with Gasteiger partial charge >= 0.3 is 17.9 Å². The Kier molecular flexibility index (Phi) is 24.1. The monoisotopic (exact) mass is 1670 g/mol. The van der Waals surface area contributed by atoms with Gasteiger partial charge in [0.05, 0.1) is 23.2 Å². The topological polar surface area (TPSA) is 134 Å². The minimum absolute atomic E-state index is 0.0808. The van der Waals surface area contributed by atoms with E-state index in [-0.39, 0.29) is 54.5 Å². The van der Waals surface area contributed by atoms with Gasteiger partial charge in [0, 0.05) is 47.4 Å². The quantitative estimate of drug-likeness (QED) is 0.0346. The number of benzene rings is 2. The van der Waals surface area contributed by atoms with Gasteiger partial charge in [0.1, 0.15) is 19.3 Å². The largest absolute Gasteiger partial charge is 0.464 e. The fraction of sp³-hybridized carbons (Fsp3) is 0.702. The molecule has 72 heavy (non-hydrogen) atoms. The lowest BCUT2D eigenvalue weighted by molar-refractivity contribution is -0.151. The molecule has 10 atom stereocenters. The number of nitrogens with zero attached hydrogens (tertiary/aromatic N) is 1. The van der Waals surface area contributed by atoms with Crippen LogP contribution in [0.3, 0.4) is 0 Å². The van der Waals surface area contributed by atoms with Gasteiger partial charge in [0.25, 0.3) is 0 Å². The maximum Gasteiger partial charge on any atom is 0.309 e. The van der Waals surface area contributed by atoms with Gasteiger partial charge in [0.2, 0.25) is 0 Å². The van der Waals surface area contributed by atoms with Crippen molar-refractivity contribution in [2.45, 2.75) is 164 Å². The highest BCUT2D eigenvalue weighted by Gasteiger charge is 2.59. The van der Waals surface area contributed by atoms with Gasteiger partial charge in [-0.15, -0.1) is 0 Å². The lowest BCUT2D eigenvalue weighted by Gasteiger charge is -2.58. The first-order valence-electron chi connectivity index (χ1n) is 26.9. The zero-order valence-electron chi connectivity index (χ0n) is 43.8. The molecule has 5 unspecified atom stereocenters. The minimum atomic E-state index is -0.309. The summed E-state index contributed by atoms with van der Waals surface area (Å²) in [5.41, 5.74) is 18.6. The zero-order chi connectivity index (χ0) is 52.7. The first-order chi connectivity index (χ1) is 34.1. The van der Waals surface area contributed by atoms with Crippen molar-refractivity contribution in [3.63, 3.8) is 0 Å². The fourth-order valence-electron chi connectivity index (χ4n) is 13.5. The van der Waals surface area contributed by atoms with Gasteiger partial charge in [-0.1, -0.05) is 79.4 Å². The molecule has 0 aromatic heterocycles. The van der Waals surface area contributed by atoms with Crippen LogP contribution >= 0.6 is 136 Å². The maximum atomic E-state index is 13.6. The number of carbonyl (C=O) groups excluding carboxylic acids is 3. The number of esters is 3. The molecule has 0 saturated heterocycles. The molecular formula is C57H81I6N3O6. The summed E-state index contributed by atoms with van der Waals surface area (Å²) in [5, 5.41) is 0. The van der Waals surface area contributed by atoms with E-state index >= 15 is 0 Å². The van der Waals surface area contributed by atoms with Crippen LogP contribution in [-0.4, -0.2) is 61.8 Å². The van der Waals surface area contributed by atoms with Crippen molar-refractivity contribution in [1.82, 2.24) is 4.90 Å². The van der Waals surface area contributed by atoms with E-state index in [1.807, 2.05) is 13.8 Å². The second kappa shape index (κ2) is 28.1. The number of anilines is 2. The van der Waals surface area contributed by atoms with Crippen LogP contribution in [0.15, 0.2) is 23.8 Å². The van der Waals surface area contributed by atoms with Gasteiger partial charge in [0.15, 0.2) is 0 Å². The Morgan fingerprint density at radius 2 is 1.29 bits per heavy atom. The Labute approximate surface area is 514 Å². The Hall–Kier alpha value is 0.530. The Bertz CT molecular complexity index is 2170. The number of hydrogen-bond donors (Lipinski definition) is 2. The van der Waals surface area contributed by atoms with E-state index in [4.69, 9.17) is 25.7 Å². The predicted molar refractivity (Wildman–Crippen MR) is 343 cm³/mol. The number of halogens is 6. The third-order valence-electron chi connectivity index (χ3n) is 17.9. The van der Waals surface area contributed by atoms with Crippen LogP contribution in [0.5, 0.6) is 0 Å². The SMILES string of the molecule is CCC(Cc1c(I)cc(I)c(N)c1I)C(=O)OCCN(CCCC(=O)O[C@H]1CC[C@@]2(C)C(=CCC3C2CC[C@@]2(C)C3CC[C@@H]2[C@H](C)CCCC(C)C)C1)CCOC(=O)C(CC)Cc1c(I)cc(I)c(N)c1I. The Morgan fingerprint density at radius 1 is 0.722 bits per heavy atom. The second-order valence-electron chi connectivity index (χ2n) is 22.6. The molecule has 402 valence electrons. The molecule has 3 saturated carbocycles. The van der Waals surface area contributed by atoms with Crippen LogP contribution in [-0.2, 0) is 41.4 Å². The number of ether oxygens (including phenoxy) is 3. The summed E-state index contributed by atoms with van der Waals surface area (Å²) in [6.07, 6.45) is 19.4. The zero-order valence-corrected chi connectivity index (χ0v) is 56.7. The summed E-state index contributed by atoms with van der Waals surface area (Å²) in [6.45, 7) is 18.4. The van der Waals surface area contributed by atoms with Crippen LogP contribution in [0, 0.1) is 79.6 Å². The van der Waals surface area contributed by atoms with E-state index in [1.165, 1.54) is 56.9 Å². The van der Waals surface area contributed by atoms with Gasteiger partial charge in [-0.25, -0.2) is 0 Å². The summed E-state index contributed by atoms with van der Waals surface area (Å²) in [4.78, 5) is 42.9. The number of hydrogen-bond acceptors (Lipinski definition) is 9. The third-order valence-corrected chi connectivity index (χ3v) is 24.0. The van der Waals surface area contributed by atoms with E-state index in [2.05, 4.69) is 193 Å². The Balaban J connectivity index is 1.03. The summed E-state index contributed by atoms with van der Waals surface area (Å²) < 4.78 is 24.4. The summed E-state index contributed by atoms with van der Waals surface area (Å²) in [6, 6.07) is 4.12. The summed E-state index contributed by atoms with van der Waals surface area (Å²) in [7, 11) is 0. The van der Waals surface area contributed by atoms with E-state index in [0.717, 1.165) is 98.7 Å². The number of allylic oxidation sites excluding steroid dienone is 1. The third kappa shape index (κ3) is 15.0. The van der Waals surface area contributed by atoms with Crippen LogP contribution in [0.2, 0.25) is 0 Å². The highest BCUT2D eigenvalue weighted by molar-refractivity contribution is 14.1. The second-order valence-corrected chi connectivity index (χ2v) is 29.4. The molecule has 15 heteroatoms. The van der Waals surface area contributed by atoms with Crippen LogP contribution in [0.25, 0.3) is 0 Å². The highest BCUT2D eigenvalue weighted by Crippen LogP contribution is 2.67. The molecule has 3 fully saturated rings. The molecule has 6 rings (SSSR count). The van der Waals surface area contributed by atoms with Crippen molar-refractivity contribution in [1.29, 1.82) is 0 Å². The molecule has 2 aromatic rings. The van der Waals surface area contributed by atoms with Crippen LogP contribution in [0.4, 0.5) is 11.4 Å². The van der Waals surface area contributed by atoms with Crippen molar-refractivity contribution in [3.8, 4) is 0 Å². The molecule has 4 aliphatic rings. The molecule has 4 aliphatic carbocycles. The molecule has 0 radical (unpaired) electrons. The summed E-state index contributed by atoms with van der Waals surface area (Å²) >= 11 is 13.7. The van der Waals surface area contributed by atoms with Crippen LogP contribution in [0.1, 0.15) is 156 Å². The molecule has 0 aliphatic heterocycles. The fourth-order valence-corrected chi connectivity index (χ4v) is 21.1. The van der Waals surface area contributed by atoms with E-state index in [1.54, 1.807) is 0 Å². The molecule has 0 amide bonds. The van der Waals surface area contributed by atoms with Gasteiger partial charge < -0.3 is 25.7 Å². The number of fused-ring (bicyclic) bond motifs is 5. The predicted octanol–water partition coefficient (Wildman–Crippen LogP) is 15.4. The summed E-state index contributed by atoms with van der Waals surface area (Å²) in [5.74, 6) is 3.56. The minimum Gasteiger partial charge on any atom is -0.464 e. The van der Waals surface area contributed by atoms with Crippen LogP contribution < -0.4 is 11.5 Å². The van der Waals surface area contributed by atoms with E-state index < -0.39 is 0 Å². The first-order valence-corrected chi connectivity index (χ1v) is 33.4. The van der Waals surface area contributed by atoms with Crippen molar-refractivity contribution in [2.75, 3.05) is 44.3 Å². The highest BCUT2D eigenvalue weighted by atomic mass is 127. The van der Waals surface area contributed by atoms with Gasteiger partial charge in [-0.05, 0) is 289 Å². The number of rotatable bonds is 24. The maximum absolute atomic E-state index is 13.6. The average molecular weight is 1670 g/mol. The molecular weight excluding hydrogens is 1580 g/mol. The van der Waals surface area contributed by atoms with Crippen molar-refractivity contribution in [3.05, 3.63) is 56.3 Å². The lowest BCUT2D eigenvalue weighted by atomic mass is 9.47. The molecule has 2 aromatic carbocycles. The molecule has 4 N–H and O–H groups in total. The number of nitrogen functional groups attached to an aromatic ring is 2.